The largest absolute Gasteiger partial charge is 0.336 e. The van der Waals surface area contributed by atoms with Crippen LogP contribution in [0.3, 0.4) is 0 Å². The van der Waals surface area contributed by atoms with Gasteiger partial charge in [-0.15, -0.1) is 0 Å². The summed E-state index contributed by atoms with van der Waals surface area (Å²) in [6.45, 7) is 2.49. The number of hydrogen-bond acceptors (Lipinski definition) is 7. The maximum atomic E-state index is 13.4. The number of halogens is 1. The number of anilines is 2. The van der Waals surface area contributed by atoms with Crippen LogP contribution in [0, 0.1) is 22.7 Å². The number of aromatic nitrogens is 4. The van der Waals surface area contributed by atoms with Crippen LogP contribution in [0.1, 0.15) is 43.0 Å². The van der Waals surface area contributed by atoms with Crippen molar-refractivity contribution >= 4 is 17.5 Å². The van der Waals surface area contributed by atoms with E-state index in [0.717, 1.165) is 5.56 Å². The summed E-state index contributed by atoms with van der Waals surface area (Å²) in [6, 6.07) is 13.0. The minimum absolute atomic E-state index is 0.143. The lowest BCUT2D eigenvalue weighted by molar-refractivity contribution is 0.0783. The highest BCUT2D eigenvalue weighted by Crippen LogP contribution is 2.28. The third kappa shape index (κ3) is 5.44. The molecule has 3 aromatic rings. The molecule has 2 aromatic heterocycles. The number of amides is 1. The van der Waals surface area contributed by atoms with Gasteiger partial charge in [-0.25, -0.2) is 14.4 Å². The minimum atomic E-state index is -0.950. The molecule has 3 heterocycles. The van der Waals surface area contributed by atoms with E-state index in [4.69, 9.17) is 5.26 Å². The van der Waals surface area contributed by atoms with E-state index < -0.39 is 11.7 Å². The highest BCUT2D eigenvalue weighted by atomic mass is 19.1. The van der Waals surface area contributed by atoms with Gasteiger partial charge in [-0.05, 0) is 50.1 Å². The SMILES string of the molecule is C[C@@](CC#N)(CCC#N)n1cc(-c2ccnc(Nc3ccc(C(=O)N4CCC(F)C4)cc3)n2)cn1. The Morgan fingerprint density at radius 3 is 2.74 bits per heavy atom. The van der Waals surface area contributed by atoms with E-state index in [-0.39, 0.29) is 18.9 Å². The van der Waals surface area contributed by atoms with Crippen LogP contribution in [-0.2, 0) is 5.54 Å². The van der Waals surface area contributed by atoms with Crippen molar-refractivity contribution in [2.45, 2.75) is 44.3 Å². The zero-order chi connectivity index (χ0) is 24.8. The summed E-state index contributed by atoms with van der Waals surface area (Å²) in [5, 5.41) is 25.8. The van der Waals surface area contributed by atoms with Crippen molar-refractivity contribution in [2.24, 2.45) is 0 Å². The Hall–Kier alpha value is -4.31. The molecule has 1 saturated heterocycles. The molecule has 1 N–H and O–H groups in total. The zero-order valence-electron chi connectivity index (χ0n) is 19.4. The van der Waals surface area contributed by atoms with Gasteiger partial charge in [-0.2, -0.15) is 15.6 Å². The van der Waals surface area contributed by atoms with Crippen LogP contribution in [-0.4, -0.2) is 49.8 Å². The second-order valence-electron chi connectivity index (χ2n) is 8.77. The number of likely N-dealkylation sites (tertiary alicyclic amines) is 1. The average molecular weight is 473 g/mol. The van der Waals surface area contributed by atoms with Crippen molar-refractivity contribution in [2.75, 3.05) is 18.4 Å². The van der Waals surface area contributed by atoms with Crippen LogP contribution < -0.4 is 5.32 Å². The number of nitrogens with one attached hydrogen (secondary N) is 1. The van der Waals surface area contributed by atoms with Crippen molar-refractivity contribution < 1.29 is 9.18 Å². The number of rotatable bonds is 8. The molecular formula is C25H25FN8O. The fourth-order valence-electron chi connectivity index (χ4n) is 4.02. The summed E-state index contributed by atoms with van der Waals surface area (Å²) in [4.78, 5) is 22.9. The molecule has 35 heavy (non-hydrogen) atoms. The second-order valence-corrected chi connectivity index (χ2v) is 8.77. The van der Waals surface area contributed by atoms with Gasteiger partial charge < -0.3 is 10.2 Å². The lowest BCUT2D eigenvalue weighted by Crippen LogP contribution is -2.30. The zero-order valence-corrected chi connectivity index (χ0v) is 19.4. The third-order valence-electron chi connectivity index (χ3n) is 6.13. The van der Waals surface area contributed by atoms with Crippen molar-refractivity contribution in [1.29, 1.82) is 10.5 Å². The first-order valence-corrected chi connectivity index (χ1v) is 11.3. The number of hydrogen-bond donors (Lipinski definition) is 1. The summed E-state index contributed by atoms with van der Waals surface area (Å²) in [5.74, 6) is 0.198. The van der Waals surface area contributed by atoms with Crippen molar-refractivity contribution in [3.63, 3.8) is 0 Å². The molecule has 178 valence electrons. The molecule has 10 heteroatoms. The fraction of sp³-hybridized carbons (Fsp3) is 0.360. The Kier molecular flexibility index (Phi) is 7.02. The van der Waals surface area contributed by atoms with Crippen molar-refractivity contribution in [1.82, 2.24) is 24.6 Å². The molecule has 1 aliphatic heterocycles. The molecule has 1 aliphatic rings. The van der Waals surface area contributed by atoms with E-state index in [1.165, 1.54) is 4.90 Å². The lowest BCUT2D eigenvalue weighted by atomic mass is 9.93. The first-order valence-electron chi connectivity index (χ1n) is 11.3. The Balaban J connectivity index is 1.47. The predicted octanol–water partition coefficient (Wildman–Crippen LogP) is 4.20. The fourth-order valence-corrected chi connectivity index (χ4v) is 4.02. The first-order chi connectivity index (χ1) is 16.9. The van der Waals surface area contributed by atoms with Crippen molar-refractivity contribution in [3.8, 4) is 23.4 Å². The monoisotopic (exact) mass is 472 g/mol. The van der Waals surface area contributed by atoms with Gasteiger partial charge in [0, 0.05) is 42.2 Å². The maximum Gasteiger partial charge on any atom is 0.253 e. The van der Waals surface area contributed by atoms with Gasteiger partial charge in [0.2, 0.25) is 5.95 Å². The summed E-state index contributed by atoms with van der Waals surface area (Å²) in [7, 11) is 0. The molecule has 0 spiro atoms. The van der Waals surface area contributed by atoms with Gasteiger partial charge in [-0.1, -0.05) is 0 Å². The van der Waals surface area contributed by atoms with Crippen LogP contribution in [0.15, 0.2) is 48.9 Å². The summed E-state index contributed by atoms with van der Waals surface area (Å²) in [6.07, 6.45) is 5.63. The quantitative estimate of drug-likeness (QED) is 0.521. The molecule has 1 fully saturated rings. The van der Waals surface area contributed by atoms with Crippen LogP contribution in [0.25, 0.3) is 11.3 Å². The molecule has 1 aromatic carbocycles. The molecule has 0 radical (unpaired) electrons. The second kappa shape index (κ2) is 10.3. The molecule has 9 nitrogen and oxygen atoms in total. The Morgan fingerprint density at radius 1 is 1.26 bits per heavy atom. The molecule has 2 atom stereocenters. The predicted molar refractivity (Wildman–Crippen MR) is 127 cm³/mol. The highest BCUT2D eigenvalue weighted by molar-refractivity contribution is 5.94. The van der Waals surface area contributed by atoms with E-state index in [2.05, 4.69) is 32.5 Å². The topological polar surface area (TPSA) is 124 Å². The van der Waals surface area contributed by atoms with Crippen LogP contribution >= 0.6 is 0 Å². The smallest absolute Gasteiger partial charge is 0.253 e. The first kappa shape index (κ1) is 23.8. The van der Waals surface area contributed by atoms with E-state index in [1.807, 2.05) is 13.1 Å². The standard InChI is InChI=1S/C25H25FN8O/c1-25(10-12-28,9-2-11-27)34-16-19(15-30-34)22-7-13-29-24(32-22)31-21-5-3-18(4-6-21)23(35)33-14-8-20(26)17-33/h3-7,13,15-16,20H,2,8-10,14,17H2,1H3,(H,29,31,32)/t20?,25-/m0/s1. The van der Waals surface area contributed by atoms with Gasteiger partial charge in [0.25, 0.3) is 5.91 Å². The molecular weight excluding hydrogens is 447 g/mol. The lowest BCUT2D eigenvalue weighted by Gasteiger charge is -2.26. The van der Waals surface area contributed by atoms with E-state index >= 15 is 0 Å². The number of nitrogens with zero attached hydrogens (tertiary/aromatic N) is 7. The number of carbonyl (C=O) groups is 1. The number of benzene rings is 1. The Bertz CT molecular complexity index is 1280. The van der Waals surface area contributed by atoms with Gasteiger partial charge in [0.05, 0.1) is 42.5 Å². The normalized spacial score (nSPS) is 16.8. The van der Waals surface area contributed by atoms with Gasteiger partial charge >= 0.3 is 0 Å². The summed E-state index contributed by atoms with van der Waals surface area (Å²) < 4.78 is 15.1. The molecule has 0 aliphatic carbocycles. The average Bonchev–Trinajstić information content (AvgIpc) is 3.53. The molecule has 1 unspecified atom stereocenters. The Morgan fingerprint density at radius 2 is 2.06 bits per heavy atom. The number of alkyl halides is 1. The van der Waals surface area contributed by atoms with Crippen molar-refractivity contribution in [3.05, 3.63) is 54.5 Å². The third-order valence-corrected chi connectivity index (χ3v) is 6.13. The van der Waals surface area contributed by atoms with Crippen LogP contribution in [0.4, 0.5) is 16.0 Å². The summed E-state index contributed by atoms with van der Waals surface area (Å²) >= 11 is 0. The van der Waals surface area contributed by atoms with Gasteiger partial charge in [0.1, 0.15) is 6.17 Å². The van der Waals surface area contributed by atoms with Gasteiger partial charge in [0.15, 0.2) is 0 Å². The molecule has 0 bridgehead atoms. The van der Waals surface area contributed by atoms with Crippen LogP contribution in [0.5, 0.6) is 0 Å². The summed E-state index contributed by atoms with van der Waals surface area (Å²) in [5.41, 5.74) is 2.03. The molecule has 0 saturated carbocycles. The maximum absolute atomic E-state index is 13.4. The Labute approximate surface area is 202 Å². The van der Waals surface area contributed by atoms with E-state index in [1.54, 1.807) is 47.4 Å². The number of carbonyl (C=O) groups excluding carboxylic acids is 1. The van der Waals surface area contributed by atoms with E-state index in [9.17, 15) is 14.4 Å². The number of nitriles is 2. The molecule has 4 rings (SSSR count). The minimum Gasteiger partial charge on any atom is -0.336 e. The van der Waals surface area contributed by atoms with E-state index in [0.29, 0.717) is 48.7 Å². The van der Waals surface area contributed by atoms with Gasteiger partial charge in [-0.3, -0.25) is 9.48 Å². The van der Waals surface area contributed by atoms with Crippen LogP contribution in [0.2, 0.25) is 0 Å². The molecule has 1 amide bonds. The highest BCUT2D eigenvalue weighted by Gasteiger charge is 2.28.